The molecule has 0 radical (unpaired) electrons. The van der Waals surface area contributed by atoms with Gasteiger partial charge in [-0.05, 0) is 32.5 Å². The lowest BCUT2D eigenvalue weighted by Gasteiger charge is -2.33. The lowest BCUT2D eigenvalue weighted by atomic mass is 10.0. The molecule has 0 aliphatic rings. The van der Waals surface area contributed by atoms with Crippen LogP contribution in [0.1, 0.15) is 35.8 Å². The molecule has 21 heavy (non-hydrogen) atoms. The van der Waals surface area contributed by atoms with Gasteiger partial charge in [0, 0.05) is 35.9 Å². The van der Waals surface area contributed by atoms with Crippen LogP contribution in [0.4, 0.5) is 0 Å². The quantitative estimate of drug-likeness (QED) is 0.923. The van der Waals surface area contributed by atoms with E-state index in [9.17, 15) is 0 Å². The second-order valence-electron chi connectivity index (χ2n) is 5.42. The first-order chi connectivity index (χ1) is 9.97. The molecular formula is C16H23ClN4. The lowest BCUT2D eigenvalue weighted by Crippen LogP contribution is -2.33. The molecule has 0 amide bonds. The lowest BCUT2D eigenvalue weighted by molar-refractivity contribution is 0.189. The van der Waals surface area contributed by atoms with Crippen molar-refractivity contribution in [3.8, 4) is 0 Å². The third-order valence-corrected chi connectivity index (χ3v) is 4.66. The molecule has 0 fully saturated rings. The van der Waals surface area contributed by atoms with Crippen molar-refractivity contribution in [3.05, 3.63) is 52.3 Å². The number of rotatable bonds is 5. The third-order valence-electron chi connectivity index (χ3n) is 4.31. The zero-order valence-corrected chi connectivity index (χ0v) is 13.8. The largest absolute Gasteiger partial charge is 0.329 e. The second kappa shape index (κ2) is 6.60. The van der Waals surface area contributed by atoms with Gasteiger partial charge >= 0.3 is 0 Å². The van der Waals surface area contributed by atoms with E-state index in [1.54, 1.807) is 0 Å². The Kier molecular flexibility index (Phi) is 5.04. The molecule has 0 aliphatic carbocycles. The standard InChI is InChI=1S/C16H23ClN4/c1-11(13-7-5-6-8-15(13)17)20(3)16(9-18)14-10-19-21(4)12(14)2/h5-8,10-11,16H,9,18H2,1-4H3. The highest BCUT2D eigenvalue weighted by molar-refractivity contribution is 6.31. The smallest absolute Gasteiger partial charge is 0.0540 e. The molecule has 5 heteroatoms. The van der Waals surface area contributed by atoms with Gasteiger partial charge in [0.05, 0.1) is 12.2 Å². The van der Waals surface area contributed by atoms with Crippen LogP contribution in [-0.2, 0) is 7.05 Å². The van der Waals surface area contributed by atoms with Crippen molar-refractivity contribution in [2.24, 2.45) is 12.8 Å². The van der Waals surface area contributed by atoms with Crippen molar-refractivity contribution in [2.45, 2.75) is 25.9 Å². The Morgan fingerprint density at radius 3 is 2.52 bits per heavy atom. The minimum atomic E-state index is 0.116. The first-order valence-electron chi connectivity index (χ1n) is 7.12. The van der Waals surface area contributed by atoms with E-state index in [0.717, 1.165) is 16.3 Å². The number of aryl methyl sites for hydroxylation is 1. The molecule has 1 heterocycles. The van der Waals surface area contributed by atoms with Crippen LogP contribution in [0.5, 0.6) is 0 Å². The summed E-state index contributed by atoms with van der Waals surface area (Å²) in [4.78, 5) is 2.26. The van der Waals surface area contributed by atoms with Gasteiger partial charge in [0.1, 0.15) is 0 Å². The molecule has 2 unspecified atom stereocenters. The fourth-order valence-corrected chi connectivity index (χ4v) is 2.95. The molecule has 0 saturated carbocycles. The Labute approximate surface area is 131 Å². The summed E-state index contributed by atoms with van der Waals surface area (Å²) < 4.78 is 1.88. The van der Waals surface area contributed by atoms with E-state index in [-0.39, 0.29) is 12.1 Å². The summed E-state index contributed by atoms with van der Waals surface area (Å²) in [6.45, 7) is 4.76. The van der Waals surface area contributed by atoms with Gasteiger partial charge in [-0.25, -0.2) is 0 Å². The van der Waals surface area contributed by atoms with Gasteiger partial charge in [0.2, 0.25) is 0 Å². The number of halogens is 1. The van der Waals surface area contributed by atoms with Crippen LogP contribution in [-0.4, -0.2) is 28.3 Å². The number of nitrogens with two attached hydrogens (primary N) is 1. The summed E-state index contributed by atoms with van der Waals surface area (Å²) >= 11 is 6.32. The fourth-order valence-electron chi connectivity index (χ4n) is 2.66. The summed E-state index contributed by atoms with van der Waals surface area (Å²) in [5.41, 5.74) is 9.45. The van der Waals surface area contributed by atoms with Crippen molar-refractivity contribution < 1.29 is 0 Å². The summed E-state index contributed by atoms with van der Waals surface area (Å²) in [6.07, 6.45) is 1.91. The van der Waals surface area contributed by atoms with Gasteiger partial charge in [-0.3, -0.25) is 9.58 Å². The summed E-state index contributed by atoms with van der Waals surface area (Å²) in [6, 6.07) is 8.24. The Morgan fingerprint density at radius 1 is 1.33 bits per heavy atom. The highest BCUT2D eigenvalue weighted by Gasteiger charge is 2.25. The SMILES string of the molecule is Cc1c(C(CN)N(C)C(C)c2ccccc2Cl)cnn1C. The van der Waals surface area contributed by atoms with Gasteiger partial charge < -0.3 is 5.73 Å². The predicted molar refractivity (Wildman–Crippen MR) is 87.4 cm³/mol. The molecule has 1 aromatic carbocycles. The molecular weight excluding hydrogens is 284 g/mol. The minimum Gasteiger partial charge on any atom is -0.329 e. The monoisotopic (exact) mass is 306 g/mol. The van der Waals surface area contributed by atoms with Crippen molar-refractivity contribution >= 4 is 11.6 Å². The molecule has 2 atom stereocenters. The Balaban J connectivity index is 2.30. The molecule has 0 saturated heterocycles. The van der Waals surface area contributed by atoms with Gasteiger partial charge in [-0.15, -0.1) is 0 Å². The van der Waals surface area contributed by atoms with Crippen LogP contribution in [0.15, 0.2) is 30.5 Å². The topological polar surface area (TPSA) is 47.1 Å². The number of benzene rings is 1. The molecule has 0 aliphatic heterocycles. The highest BCUT2D eigenvalue weighted by atomic mass is 35.5. The normalized spacial score (nSPS) is 14.4. The summed E-state index contributed by atoms with van der Waals surface area (Å²) in [5, 5.41) is 5.11. The van der Waals surface area contributed by atoms with E-state index >= 15 is 0 Å². The first kappa shape index (κ1) is 16.0. The molecule has 2 N–H and O–H groups in total. The van der Waals surface area contributed by atoms with E-state index < -0.39 is 0 Å². The number of nitrogens with zero attached hydrogens (tertiary/aromatic N) is 3. The maximum atomic E-state index is 6.32. The second-order valence-corrected chi connectivity index (χ2v) is 5.83. The molecule has 0 spiro atoms. The van der Waals surface area contributed by atoms with Crippen molar-refractivity contribution in [2.75, 3.05) is 13.6 Å². The summed E-state index contributed by atoms with van der Waals surface area (Å²) in [5.74, 6) is 0. The van der Waals surface area contributed by atoms with E-state index in [1.807, 2.05) is 36.1 Å². The average molecular weight is 307 g/mol. The number of likely N-dealkylation sites (N-methyl/N-ethyl adjacent to an activating group) is 1. The summed E-state index contributed by atoms with van der Waals surface area (Å²) in [7, 11) is 4.03. The van der Waals surface area contributed by atoms with Gasteiger partial charge in [-0.2, -0.15) is 5.10 Å². The van der Waals surface area contributed by atoms with Crippen LogP contribution < -0.4 is 5.73 Å². The Hall–Kier alpha value is -1.36. The molecule has 114 valence electrons. The van der Waals surface area contributed by atoms with Gasteiger partial charge in [0.15, 0.2) is 0 Å². The fraction of sp³-hybridized carbons (Fsp3) is 0.438. The van der Waals surface area contributed by atoms with Crippen LogP contribution in [0.25, 0.3) is 0 Å². The van der Waals surface area contributed by atoms with Crippen LogP contribution in [0.3, 0.4) is 0 Å². The number of hydrogen-bond acceptors (Lipinski definition) is 3. The third kappa shape index (κ3) is 3.12. The van der Waals surface area contributed by atoms with Crippen molar-refractivity contribution in [1.82, 2.24) is 14.7 Å². The van der Waals surface area contributed by atoms with Crippen LogP contribution in [0.2, 0.25) is 5.02 Å². The molecule has 0 bridgehead atoms. The van der Waals surface area contributed by atoms with E-state index in [2.05, 4.69) is 37.0 Å². The highest BCUT2D eigenvalue weighted by Crippen LogP contribution is 2.32. The zero-order chi connectivity index (χ0) is 15.6. The van der Waals surface area contributed by atoms with E-state index in [1.165, 1.54) is 5.56 Å². The molecule has 1 aromatic heterocycles. The van der Waals surface area contributed by atoms with E-state index in [0.29, 0.717) is 6.54 Å². The first-order valence-corrected chi connectivity index (χ1v) is 7.50. The van der Waals surface area contributed by atoms with Crippen molar-refractivity contribution in [3.63, 3.8) is 0 Å². The number of hydrogen-bond donors (Lipinski definition) is 1. The predicted octanol–water partition coefficient (Wildman–Crippen LogP) is 3.07. The van der Waals surface area contributed by atoms with Gasteiger partial charge in [-0.1, -0.05) is 29.8 Å². The van der Waals surface area contributed by atoms with E-state index in [4.69, 9.17) is 17.3 Å². The van der Waals surface area contributed by atoms with Crippen LogP contribution >= 0.6 is 11.6 Å². The molecule has 4 nitrogen and oxygen atoms in total. The average Bonchev–Trinajstić information content (AvgIpc) is 2.80. The van der Waals surface area contributed by atoms with Gasteiger partial charge in [0.25, 0.3) is 0 Å². The molecule has 2 rings (SSSR count). The van der Waals surface area contributed by atoms with Crippen molar-refractivity contribution in [1.29, 1.82) is 0 Å². The Bertz CT molecular complexity index is 608. The van der Waals surface area contributed by atoms with Crippen LogP contribution in [0, 0.1) is 6.92 Å². The Morgan fingerprint density at radius 2 is 2.00 bits per heavy atom. The zero-order valence-electron chi connectivity index (χ0n) is 13.0. The molecule has 2 aromatic rings. The number of aromatic nitrogens is 2. The maximum absolute atomic E-state index is 6.32. The minimum absolute atomic E-state index is 0.116. The maximum Gasteiger partial charge on any atom is 0.0540 e.